The molecule has 0 unspecified atom stereocenters. The summed E-state index contributed by atoms with van der Waals surface area (Å²) in [5.41, 5.74) is 2.96. The summed E-state index contributed by atoms with van der Waals surface area (Å²) in [5.74, 6) is 1.30. The highest BCUT2D eigenvalue weighted by molar-refractivity contribution is 5.83. The van der Waals surface area contributed by atoms with Crippen molar-refractivity contribution in [3.05, 3.63) is 60.1 Å². The van der Waals surface area contributed by atoms with Crippen LogP contribution in [0.3, 0.4) is 0 Å². The predicted molar refractivity (Wildman–Crippen MR) is 117 cm³/mol. The van der Waals surface area contributed by atoms with Crippen LogP contribution in [0, 0.1) is 11.3 Å². The first-order valence-electron chi connectivity index (χ1n) is 10.0. The largest absolute Gasteiger partial charge is 0.509 e. The first kappa shape index (κ1) is 19.8. The van der Waals surface area contributed by atoms with Crippen molar-refractivity contribution < 1.29 is 9.84 Å². The third-order valence-corrected chi connectivity index (χ3v) is 5.69. The van der Waals surface area contributed by atoms with Gasteiger partial charge in [-0.2, -0.15) is 5.26 Å². The SMILES string of the molecule is COc1ccc(N2CCN([C@@H](C)/C(O)=C(\C#N)c3nc4ccccc4[nH]3)CC2)cc1. The predicted octanol–water partition coefficient (Wildman–Crippen LogP) is 3.57. The number of piperazine rings is 1. The number of aliphatic hydroxyl groups excluding tert-OH is 1. The van der Waals surface area contributed by atoms with Crippen molar-refractivity contribution in [3.63, 3.8) is 0 Å². The number of fused-ring (bicyclic) bond motifs is 1. The molecule has 1 aliphatic heterocycles. The molecule has 0 bridgehead atoms. The Hall–Kier alpha value is -3.50. The smallest absolute Gasteiger partial charge is 0.152 e. The van der Waals surface area contributed by atoms with Crippen LogP contribution in [0.25, 0.3) is 16.6 Å². The van der Waals surface area contributed by atoms with Crippen LogP contribution in [0.5, 0.6) is 5.75 Å². The molecule has 0 saturated carbocycles. The molecule has 7 heteroatoms. The van der Waals surface area contributed by atoms with Crippen LogP contribution in [-0.4, -0.2) is 59.3 Å². The fourth-order valence-corrected chi connectivity index (χ4v) is 3.85. The molecular formula is C23H25N5O2. The second kappa shape index (κ2) is 8.47. The van der Waals surface area contributed by atoms with Gasteiger partial charge in [-0.25, -0.2) is 4.98 Å². The molecule has 30 heavy (non-hydrogen) atoms. The van der Waals surface area contributed by atoms with Gasteiger partial charge in [0.1, 0.15) is 23.2 Å². The van der Waals surface area contributed by atoms with Gasteiger partial charge in [0.15, 0.2) is 5.82 Å². The molecular weight excluding hydrogens is 378 g/mol. The van der Waals surface area contributed by atoms with Gasteiger partial charge < -0.3 is 19.7 Å². The molecule has 0 amide bonds. The zero-order valence-corrected chi connectivity index (χ0v) is 17.2. The number of aliphatic hydroxyl groups is 1. The summed E-state index contributed by atoms with van der Waals surface area (Å²) in [7, 11) is 1.66. The summed E-state index contributed by atoms with van der Waals surface area (Å²) < 4.78 is 5.23. The second-order valence-corrected chi connectivity index (χ2v) is 7.37. The molecule has 1 atom stereocenters. The summed E-state index contributed by atoms with van der Waals surface area (Å²) in [5, 5.41) is 20.6. The van der Waals surface area contributed by atoms with E-state index in [0.29, 0.717) is 5.82 Å². The van der Waals surface area contributed by atoms with Crippen LogP contribution in [0.4, 0.5) is 5.69 Å². The summed E-state index contributed by atoms with van der Waals surface area (Å²) >= 11 is 0. The van der Waals surface area contributed by atoms with Crippen molar-refractivity contribution in [2.45, 2.75) is 13.0 Å². The van der Waals surface area contributed by atoms with Crippen LogP contribution in [0.1, 0.15) is 12.7 Å². The van der Waals surface area contributed by atoms with Crippen molar-refractivity contribution in [1.82, 2.24) is 14.9 Å². The number of nitrogens with one attached hydrogen (secondary N) is 1. The number of methoxy groups -OCH3 is 1. The average molecular weight is 403 g/mol. The lowest BCUT2D eigenvalue weighted by atomic mass is 10.1. The van der Waals surface area contributed by atoms with Gasteiger partial charge in [-0.05, 0) is 43.3 Å². The van der Waals surface area contributed by atoms with Crippen LogP contribution in [0.2, 0.25) is 0 Å². The minimum atomic E-state index is -0.272. The molecule has 2 aromatic carbocycles. The lowest BCUT2D eigenvalue weighted by molar-refractivity contribution is 0.178. The van der Waals surface area contributed by atoms with E-state index in [0.717, 1.165) is 48.6 Å². The normalized spacial score (nSPS) is 16.8. The molecule has 154 valence electrons. The number of H-pyrrole nitrogens is 1. The number of anilines is 1. The molecule has 3 aromatic rings. The molecule has 1 saturated heterocycles. The highest BCUT2D eigenvalue weighted by Gasteiger charge is 2.26. The maximum atomic E-state index is 10.9. The maximum absolute atomic E-state index is 10.9. The Balaban J connectivity index is 1.48. The lowest BCUT2D eigenvalue weighted by Crippen LogP contribution is -2.50. The second-order valence-electron chi connectivity index (χ2n) is 7.37. The molecule has 4 rings (SSSR count). The Morgan fingerprint density at radius 1 is 1.13 bits per heavy atom. The van der Waals surface area contributed by atoms with E-state index in [1.54, 1.807) is 7.11 Å². The summed E-state index contributed by atoms with van der Waals surface area (Å²) in [6.45, 7) is 5.19. The highest BCUT2D eigenvalue weighted by atomic mass is 16.5. The third kappa shape index (κ3) is 3.82. The molecule has 1 aromatic heterocycles. The zero-order chi connectivity index (χ0) is 21.1. The summed E-state index contributed by atoms with van der Waals surface area (Å²) in [4.78, 5) is 12.1. The van der Waals surface area contributed by atoms with Crippen molar-refractivity contribution in [2.24, 2.45) is 0 Å². The molecule has 2 heterocycles. The van der Waals surface area contributed by atoms with Crippen molar-refractivity contribution in [3.8, 4) is 11.8 Å². The number of hydrogen-bond donors (Lipinski definition) is 2. The molecule has 1 fully saturated rings. The third-order valence-electron chi connectivity index (χ3n) is 5.69. The summed E-state index contributed by atoms with van der Waals surface area (Å²) in [6, 6.07) is 17.5. The van der Waals surface area contributed by atoms with Gasteiger partial charge in [0.2, 0.25) is 0 Å². The van der Waals surface area contributed by atoms with E-state index in [1.807, 2.05) is 43.3 Å². The first-order valence-corrected chi connectivity index (χ1v) is 10.0. The van der Waals surface area contributed by atoms with Crippen LogP contribution in [-0.2, 0) is 0 Å². The molecule has 7 nitrogen and oxygen atoms in total. The van der Waals surface area contributed by atoms with E-state index >= 15 is 0 Å². The number of aromatic nitrogens is 2. The Bertz CT molecular complexity index is 1060. The number of hydrogen-bond acceptors (Lipinski definition) is 6. The monoisotopic (exact) mass is 403 g/mol. The number of benzene rings is 2. The lowest BCUT2D eigenvalue weighted by Gasteiger charge is -2.39. The van der Waals surface area contributed by atoms with Crippen LogP contribution >= 0.6 is 0 Å². The number of imidazole rings is 1. The Morgan fingerprint density at radius 3 is 2.47 bits per heavy atom. The van der Waals surface area contributed by atoms with Gasteiger partial charge in [-0.1, -0.05) is 12.1 Å². The fourth-order valence-electron chi connectivity index (χ4n) is 3.85. The average Bonchev–Trinajstić information content (AvgIpc) is 3.23. The number of aromatic amines is 1. The Kier molecular flexibility index (Phi) is 5.59. The summed E-state index contributed by atoms with van der Waals surface area (Å²) in [6.07, 6.45) is 0. The quantitative estimate of drug-likeness (QED) is 0.500. The van der Waals surface area contributed by atoms with E-state index in [2.05, 4.69) is 38.0 Å². The highest BCUT2D eigenvalue weighted by Crippen LogP contribution is 2.25. The van der Waals surface area contributed by atoms with Crippen molar-refractivity contribution >= 4 is 22.3 Å². The van der Waals surface area contributed by atoms with E-state index < -0.39 is 0 Å². The number of nitriles is 1. The van der Waals surface area contributed by atoms with Gasteiger partial charge >= 0.3 is 0 Å². The molecule has 1 aliphatic rings. The van der Waals surface area contributed by atoms with Crippen LogP contribution in [0.15, 0.2) is 54.3 Å². The van der Waals surface area contributed by atoms with Gasteiger partial charge in [-0.15, -0.1) is 0 Å². The maximum Gasteiger partial charge on any atom is 0.152 e. The number of ether oxygens (including phenoxy) is 1. The van der Waals surface area contributed by atoms with Gasteiger partial charge in [0.25, 0.3) is 0 Å². The molecule has 0 radical (unpaired) electrons. The van der Waals surface area contributed by atoms with E-state index in [-0.39, 0.29) is 17.4 Å². The minimum absolute atomic E-state index is 0.0504. The van der Waals surface area contributed by atoms with E-state index in [1.165, 1.54) is 0 Å². The van der Waals surface area contributed by atoms with Crippen molar-refractivity contribution in [2.75, 3.05) is 38.2 Å². The van der Waals surface area contributed by atoms with Gasteiger partial charge in [-0.3, -0.25) is 4.90 Å². The first-order chi connectivity index (χ1) is 14.6. The fraction of sp³-hybridized carbons (Fsp3) is 0.304. The topological polar surface area (TPSA) is 88.4 Å². The standard InChI is InChI=1S/C23H25N5O2/c1-16(22(29)19(15-24)23-25-20-5-3-4-6-21(20)26-23)27-11-13-28(14-12-27)17-7-9-18(30-2)10-8-17/h3-10,16,29H,11-14H2,1-2H3,(H,25,26)/b22-19-/t16-/m0/s1. The van der Waals surface area contributed by atoms with Crippen molar-refractivity contribution in [1.29, 1.82) is 5.26 Å². The Morgan fingerprint density at radius 2 is 1.83 bits per heavy atom. The minimum Gasteiger partial charge on any atom is -0.509 e. The molecule has 0 aliphatic carbocycles. The molecule has 2 N–H and O–H groups in total. The van der Waals surface area contributed by atoms with Crippen LogP contribution < -0.4 is 9.64 Å². The van der Waals surface area contributed by atoms with E-state index in [9.17, 15) is 10.4 Å². The molecule has 0 spiro atoms. The van der Waals surface area contributed by atoms with Gasteiger partial charge in [0, 0.05) is 31.9 Å². The number of allylic oxidation sites excluding steroid dienone is 1. The number of nitrogens with zero attached hydrogens (tertiary/aromatic N) is 4. The number of rotatable bonds is 5. The number of para-hydroxylation sites is 2. The Labute approximate surface area is 175 Å². The zero-order valence-electron chi connectivity index (χ0n) is 17.2. The van der Waals surface area contributed by atoms with E-state index in [4.69, 9.17) is 4.74 Å². The van der Waals surface area contributed by atoms with Gasteiger partial charge in [0.05, 0.1) is 24.2 Å².